The number of hydrogen-bond acceptors (Lipinski definition) is 6. The molecule has 1 saturated heterocycles. The largest absolute Gasteiger partial charge is 0.394 e. The molecule has 0 aromatic heterocycles. The third kappa shape index (κ3) is 2.25. The number of aliphatic imine (C=N–C) groups is 1. The zero-order valence-electron chi connectivity index (χ0n) is 9.19. The summed E-state index contributed by atoms with van der Waals surface area (Å²) in [5, 5.41) is 18.5. The van der Waals surface area contributed by atoms with E-state index in [0.29, 0.717) is 0 Å². The van der Waals surface area contributed by atoms with Gasteiger partial charge in [-0.15, -0.1) is 0 Å². The van der Waals surface area contributed by atoms with E-state index in [-0.39, 0.29) is 25.4 Å². The van der Waals surface area contributed by atoms with Crippen LogP contribution in [-0.2, 0) is 4.74 Å². The van der Waals surface area contributed by atoms with Crippen LogP contribution in [-0.4, -0.2) is 64.6 Å². The lowest BCUT2D eigenvalue weighted by atomic mass is 10.1. The lowest BCUT2D eigenvalue weighted by Crippen LogP contribution is -2.55. The van der Waals surface area contributed by atoms with Gasteiger partial charge in [-0.05, 0) is 0 Å². The van der Waals surface area contributed by atoms with Gasteiger partial charge in [-0.25, -0.2) is 4.79 Å². The molecule has 8 heteroatoms. The first-order valence-corrected chi connectivity index (χ1v) is 5.37. The van der Waals surface area contributed by atoms with E-state index < -0.39 is 30.5 Å². The molecule has 0 radical (unpaired) electrons. The van der Waals surface area contributed by atoms with Gasteiger partial charge in [-0.2, -0.15) is 4.99 Å². The third-order valence-electron chi connectivity index (χ3n) is 2.98. The van der Waals surface area contributed by atoms with Crippen molar-refractivity contribution in [1.29, 1.82) is 0 Å². The van der Waals surface area contributed by atoms with Crippen molar-refractivity contribution in [3.05, 3.63) is 0 Å². The molecule has 0 aromatic carbocycles. The summed E-state index contributed by atoms with van der Waals surface area (Å²) in [7, 11) is 0. The summed E-state index contributed by atoms with van der Waals surface area (Å²) in [6, 6.07) is -1.05. The van der Waals surface area contributed by atoms with E-state index in [1.807, 2.05) is 0 Å². The lowest BCUT2D eigenvalue weighted by molar-refractivity contribution is -0.0639. The Bertz CT molecular complexity index is 348. The standard InChI is InChI=1S/C9H16N4O4/c10-4-2-13(9(16)12-8(4)11)7-1-5(15)6(3-14)17-7/h4-7,14-15H,1-3,10H2,(H2,11,12,16). The zero-order chi connectivity index (χ0) is 12.6. The van der Waals surface area contributed by atoms with Crippen molar-refractivity contribution in [2.45, 2.75) is 30.9 Å². The first-order valence-electron chi connectivity index (χ1n) is 5.37. The number of nitrogens with two attached hydrogens (primary N) is 2. The molecule has 2 aliphatic heterocycles. The first kappa shape index (κ1) is 12.2. The van der Waals surface area contributed by atoms with E-state index >= 15 is 0 Å². The van der Waals surface area contributed by atoms with Crippen LogP contribution < -0.4 is 11.5 Å². The highest BCUT2D eigenvalue weighted by molar-refractivity contribution is 5.98. The number of urea groups is 1. The molecule has 2 amide bonds. The van der Waals surface area contributed by atoms with E-state index in [0.717, 1.165) is 0 Å². The van der Waals surface area contributed by atoms with Crippen LogP contribution in [0.15, 0.2) is 4.99 Å². The van der Waals surface area contributed by atoms with Gasteiger partial charge in [-0.1, -0.05) is 0 Å². The van der Waals surface area contributed by atoms with Crippen molar-refractivity contribution < 1.29 is 19.7 Å². The average Bonchev–Trinajstić information content (AvgIpc) is 2.65. The topological polar surface area (TPSA) is 134 Å². The number of amides is 2. The molecule has 2 heterocycles. The second kappa shape index (κ2) is 4.57. The summed E-state index contributed by atoms with van der Waals surface area (Å²) in [4.78, 5) is 16.5. The predicted octanol–water partition coefficient (Wildman–Crippen LogP) is -2.43. The Morgan fingerprint density at radius 3 is 2.88 bits per heavy atom. The Hall–Kier alpha value is -1.22. The fourth-order valence-corrected chi connectivity index (χ4v) is 1.95. The number of hydrogen-bond donors (Lipinski definition) is 4. The van der Waals surface area contributed by atoms with Crippen LogP contribution in [0.3, 0.4) is 0 Å². The number of carbonyl (C=O) groups is 1. The van der Waals surface area contributed by atoms with E-state index in [4.69, 9.17) is 21.3 Å². The number of ether oxygens (including phenoxy) is 1. The molecule has 4 atom stereocenters. The molecule has 0 aliphatic carbocycles. The summed E-state index contributed by atoms with van der Waals surface area (Å²) in [6.45, 7) is -0.0964. The Balaban J connectivity index is 2.07. The van der Waals surface area contributed by atoms with E-state index in [1.165, 1.54) is 4.90 Å². The molecular weight excluding hydrogens is 228 g/mol. The maximum atomic E-state index is 11.6. The highest BCUT2D eigenvalue weighted by Crippen LogP contribution is 2.24. The van der Waals surface area contributed by atoms with E-state index in [2.05, 4.69) is 4.99 Å². The number of nitrogens with zero attached hydrogens (tertiary/aromatic N) is 2. The van der Waals surface area contributed by atoms with Crippen LogP contribution in [0.25, 0.3) is 0 Å². The molecule has 0 aromatic rings. The number of carbonyl (C=O) groups excluding carboxylic acids is 1. The van der Waals surface area contributed by atoms with Crippen LogP contribution in [0, 0.1) is 0 Å². The summed E-state index contributed by atoms with van der Waals surface area (Å²) >= 11 is 0. The van der Waals surface area contributed by atoms with Crippen LogP contribution in [0.1, 0.15) is 6.42 Å². The minimum absolute atomic E-state index is 0.100. The number of amidine groups is 1. The minimum Gasteiger partial charge on any atom is -0.394 e. The van der Waals surface area contributed by atoms with Gasteiger partial charge in [0, 0.05) is 13.0 Å². The molecule has 0 saturated carbocycles. The summed E-state index contributed by atoms with van der Waals surface area (Å²) in [5.74, 6) is 0.100. The van der Waals surface area contributed by atoms with Crippen molar-refractivity contribution in [2.75, 3.05) is 13.2 Å². The van der Waals surface area contributed by atoms with Gasteiger partial charge in [0.25, 0.3) is 0 Å². The third-order valence-corrected chi connectivity index (χ3v) is 2.98. The van der Waals surface area contributed by atoms with Gasteiger partial charge in [0.2, 0.25) is 0 Å². The summed E-state index contributed by atoms with van der Waals surface area (Å²) in [6.07, 6.45) is -1.85. The predicted molar refractivity (Wildman–Crippen MR) is 58.1 cm³/mol. The van der Waals surface area contributed by atoms with Crippen molar-refractivity contribution in [2.24, 2.45) is 16.5 Å². The highest BCUT2D eigenvalue weighted by atomic mass is 16.5. The quantitative estimate of drug-likeness (QED) is 0.427. The molecule has 4 unspecified atom stereocenters. The van der Waals surface area contributed by atoms with Crippen LogP contribution in [0.5, 0.6) is 0 Å². The normalized spacial score (nSPS) is 38.4. The smallest absolute Gasteiger partial charge is 0.347 e. The van der Waals surface area contributed by atoms with Gasteiger partial charge < -0.3 is 26.4 Å². The molecule has 8 nitrogen and oxygen atoms in total. The average molecular weight is 244 g/mol. The monoisotopic (exact) mass is 244 g/mol. The molecule has 0 bridgehead atoms. The van der Waals surface area contributed by atoms with Crippen molar-refractivity contribution in [1.82, 2.24) is 4.90 Å². The second-order valence-corrected chi connectivity index (χ2v) is 4.19. The molecule has 6 N–H and O–H groups in total. The van der Waals surface area contributed by atoms with Gasteiger partial charge in [0.1, 0.15) is 18.2 Å². The zero-order valence-corrected chi connectivity index (χ0v) is 9.19. The lowest BCUT2D eigenvalue weighted by Gasteiger charge is -2.32. The maximum Gasteiger partial charge on any atom is 0.347 e. The summed E-state index contributed by atoms with van der Waals surface area (Å²) < 4.78 is 5.36. The van der Waals surface area contributed by atoms with Crippen molar-refractivity contribution >= 4 is 11.9 Å². The highest BCUT2D eigenvalue weighted by Gasteiger charge is 2.40. The van der Waals surface area contributed by atoms with Crippen LogP contribution in [0.4, 0.5) is 4.79 Å². The van der Waals surface area contributed by atoms with Crippen molar-refractivity contribution in [3.63, 3.8) is 0 Å². The molecule has 2 aliphatic rings. The van der Waals surface area contributed by atoms with E-state index in [1.54, 1.807) is 0 Å². The fraction of sp³-hybridized carbons (Fsp3) is 0.778. The molecule has 2 rings (SSSR count). The number of rotatable bonds is 2. The Kier molecular flexibility index (Phi) is 3.29. The number of aliphatic hydroxyl groups excluding tert-OH is 2. The number of aliphatic hydroxyl groups is 2. The van der Waals surface area contributed by atoms with Crippen LogP contribution >= 0.6 is 0 Å². The Morgan fingerprint density at radius 2 is 2.29 bits per heavy atom. The molecule has 1 fully saturated rings. The van der Waals surface area contributed by atoms with Gasteiger partial charge in [0.15, 0.2) is 0 Å². The Labute approximate surface area is 97.8 Å². The fourth-order valence-electron chi connectivity index (χ4n) is 1.95. The van der Waals surface area contributed by atoms with E-state index in [9.17, 15) is 9.90 Å². The minimum atomic E-state index is -0.794. The first-order chi connectivity index (χ1) is 8.02. The molecular formula is C9H16N4O4. The molecule has 17 heavy (non-hydrogen) atoms. The van der Waals surface area contributed by atoms with Crippen LogP contribution in [0.2, 0.25) is 0 Å². The molecule has 96 valence electrons. The Morgan fingerprint density at radius 1 is 1.59 bits per heavy atom. The molecule has 0 spiro atoms. The maximum absolute atomic E-state index is 11.6. The SMILES string of the molecule is NC1=NC(=O)N(C2CC(O)C(CO)O2)CC1N. The second-order valence-electron chi connectivity index (χ2n) is 4.19. The van der Waals surface area contributed by atoms with Gasteiger partial charge in [-0.3, -0.25) is 4.90 Å². The van der Waals surface area contributed by atoms with Gasteiger partial charge in [0.05, 0.1) is 18.8 Å². The van der Waals surface area contributed by atoms with Gasteiger partial charge >= 0.3 is 6.03 Å². The summed E-state index contributed by atoms with van der Waals surface area (Å²) in [5.41, 5.74) is 11.1. The van der Waals surface area contributed by atoms with Crippen molar-refractivity contribution in [3.8, 4) is 0 Å².